The van der Waals surface area contributed by atoms with Crippen molar-refractivity contribution in [3.8, 4) is 11.5 Å². The van der Waals surface area contributed by atoms with Crippen LogP contribution in [-0.4, -0.2) is 21.8 Å². The maximum Gasteiger partial charge on any atom is 0.292 e. The third-order valence-electron chi connectivity index (χ3n) is 3.84. The van der Waals surface area contributed by atoms with Gasteiger partial charge in [-0.1, -0.05) is 30.3 Å². The highest BCUT2D eigenvalue weighted by Crippen LogP contribution is 2.21. The third kappa shape index (κ3) is 3.53. The van der Waals surface area contributed by atoms with Gasteiger partial charge in [-0.25, -0.2) is 4.98 Å². The van der Waals surface area contributed by atoms with Crippen LogP contribution in [0.4, 0.5) is 0 Å². The molecule has 0 amide bonds. The van der Waals surface area contributed by atoms with E-state index in [1.807, 2.05) is 48.5 Å². The first-order valence-corrected chi connectivity index (χ1v) is 9.20. The van der Waals surface area contributed by atoms with Crippen LogP contribution in [0.3, 0.4) is 0 Å². The molecule has 2 heterocycles. The number of hydrogen-bond acceptors (Lipinski definition) is 5. The lowest BCUT2D eigenvalue weighted by Gasteiger charge is -2.11. The normalized spacial score (nSPS) is 12.5. The summed E-state index contributed by atoms with van der Waals surface area (Å²) >= 11 is 7.05. The summed E-state index contributed by atoms with van der Waals surface area (Å²) in [4.78, 5) is 6.32. The largest absolute Gasteiger partial charge is 0.409 e. The molecule has 1 unspecified atom stereocenters. The third-order valence-corrected chi connectivity index (χ3v) is 5.17. The van der Waals surface area contributed by atoms with E-state index in [1.165, 1.54) is 9.60 Å². The lowest BCUT2D eigenvalue weighted by Crippen LogP contribution is -3.07. The Morgan fingerprint density at radius 1 is 1.12 bits per heavy atom. The standard InChI is InChI=1S/C18H16N4OS2/c1-21(11-16-19-14-9-5-6-10-15(14)25-16)12-22-18(24)23-17(20-22)13-7-3-2-4-8-13/h2-10H,11-12H2,1H3/p+1. The van der Waals surface area contributed by atoms with Gasteiger partial charge < -0.3 is 9.32 Å². The number of nitrogens with one attached hydrogen (secondary N) is 1. The molecule has 2 aromatic heterocycles. The molecule has 0 saturated heterocycles. The highest BCUT2D eigenvalue weighted by molar-refractivity contribution is 7.71. The fourth-order valence-corrected chi connectivity index (χ4v) is 3.93. The van der Waals surface area contributed by atoms with Crippen LogP contribution in [-0.2, 0) is 13.2 Å². The van der Waals surface area contributed by atoms with Gasteiger partial charge in [0.1, 0.15) is 11.6 Å². The Kier molecular flexibility index (Phi) is 4.44. The summed E-state index contributed by atoms with van der Waals surface area (Å²) in [5.74, 6) is 0.554. The molecular weight excluding hydrogens is 352 g/mol. The van der Waals surface area contributed by atoms with E-state index < -0.39 is 0 Å². The lowest BCUT2D eigenvalue weighted by molar-refractivity contribution is -0.917. The smallest absolute Gasteiger partial charge is 0.292 e. The van der Waals surface area contributed by atoms with E-state index in [0.29, 0.717) is 17.4 Å². The van der Waals surface area contributed by atoms with Crippen LogP contribution in [0.2, 0.25) is 0 Å². The number of aromatic nitrogens is 3. The molecule has 4 rings (SSSR count). The summed E-state index contributed by atoms with van der Waals surface area (Å²) in [7, 11) is 2.10. The molecular formula is C18H17N4OS2+. The molecule has 5 nitrogen and oxygen atoms in total. The van der Waals surface area contributed by atoms with Crippen molar-refractivity contribution in [1.82, 2.24) is 14.8 Å². The first kappa shape index (κ1) is 16.1. The van der Waals surface area contributed by atoms with Crippen LogP contribution in [0.5, 0.6) is 0 Å². The van der Waals surface area contributed by atoms with Crippen molar-refractivity contribution in [1.29, 1.82) is 0 Å². The zero-order valence-corrected chi connectivity index (χ0v) is 15.3. The number of nitrogens with zero attached hydrogens (tertiary/aromatic N) is 3. The first-order chi connectivity index (χ1) is 12.2. The van der Waals surface area contributed by atoms with Gasteiger partial charge in [0, 0.05) is 5.56 Å². The summed E-state index contributed by atoms with van der Waals surface area (Å²) < 4.78 is 8.59. The van der Waals surface area contributed by atoms with Gasteiger partial charge >= 0.3 is 0 Å². The van der Waals surface area contributed by atoms with Crippen LogP contribution in [0, 0.1) is 4.84 Å². The molecule has 7 heteroatoms. The molecule has 1 atom stereocenters. The fraction of sp³-hybridized carbons (Fsp3) is 0.167. The number of rotatable bonds is 5. The molecule has 0 fully saturated rings. The van der Waals surface area contributed by atoms with Crippen LogP contribution < -0.4 is 4.90 Å². The monoisotopic (exact) mass is 369 g/mol. The van der Waals surface area contributed by atoms with Gasteiger partial charge in [0.2, 0.25) is 5.89 Å². The van der Waals surface area contributed by atoms with Crippen LogP contribution >= 0.6 is 23.6 Å². The molecule has 0 aliphatic rings. The van der Waals surface area contributed by atoms with Gasteiger partial charge in [0.25, 0.3) is 4.84 Å². The number of quaternary nitrogens is 1. The quantitative estimate of drug-likeness (QED) is 0.549. The number of benzene rings is 2. The van der Waals surface area contributed by atoms with E-state index in [4.69, 9.17) is 16.6 Å². The predicted molar refractivity (Wildman–Crippen MR) is 101 cm³/mol. The minimum atomic E-state index is 0.391. The van der Waals surface area contributed by atoms with E-state index in [9.17, 15) is 0 Å². The van der Waals surface area contributed by atoms with E-state index in [2.05, 4.69) is 23.2 Å². The maximum absolute atomic E-state index is 5.64. The second-order valence-electron chi connectivity index (χ2n) is 5.91. The average molecular weight is 369 g/mol. The molecule has 0 aliphatic carbocycles. The second-order valence-corrected chi connectivity index (χ2v) is 7.37. The Bertz CT molecular complexity index is 1020. The van der Waals surface area contributed by atoms with Crippen molar-refractivity contribution >= 4 is 33.8 Å². The Morgan fingerprint density at radius 3 is 2.68 bits per heavy atom. The zero-order valence-electron chi connectivity index (χ0n) is 13.7. The van der Waals surface area contributed by atoms with E-state index >= 15 is 0 Å². The van der Waals surface area contributed by atoms with Crippen LogP contribution in [0.15, 0.2) is 59.0 Å². The van der Waals surface area contributed by atoms with Gasteiger partial charge in [-0.3, -0.25) is 0 Å². The minimum Gasteiger partial charge on any atom is -0.409 e. The van der Waals surface area contributed by atoms with Gasteiger partial charge in [0.05, 0.1) is 17.3 Å². The molecule has 0 radical (unpaired) electrons. The highest BCUT2D eigenvalue weighted by Gasteiger charge is 2.13. The molecule has 126 valence electrons. The predicted octanol–water partition coefficient (Wildman–Crippen LogP) is 3.15. The number of hydrogen-bond donors (Lipinski definition) is 1. The summed E-state index contributed by atoms with van der Waals surface area (Å²) in [6.45, 7) is 1.44. The SMILES string of the molecule is C[NH+](Cc1nc2ccccc2s1)Cn1nc(-c2ccccc2)oc1=S. The molecule has 0 bridgehead atoms. The molecule has 0 spiro atoms. The van der Waals surface area contributed by atoms with E-state index in [-0.39, 0.29) is 0 Å². The molecule has 2 aromatic carbocycles. The molecule has 1 N–H and O–H groups in total. The second kappa shape index (κ2) is 6.87. The summed E-state index contributed by atoms with van der Waals surface area (Å²) in [6, 6.07) is 18.0. The minimum absolute atomic E-state index is 0.391. The topological polar surface area (TPSA) is 48.3 Å². The van der Waals surface area contributed by atoms with Crippen LogP contribution in [0.1, 0.15) is 5.01 Å². The van der Waals surface area contributed by atoms with Gasteiger partial charge in [0.15, 0.2) is 6.67 Å². The molecule has 0 saturated carbocycles. The van der Waals surface area contributed by atoms with Crippen molar-refractivity contribution in [2.75, 3.05) is 7.05 Å². The van der Waals surface area contributed by atoms with Crippen molar-refractivity contribution in [3.05, 3.63) is 64.4 Å². The van der Waals surface area contributed by atoms with Gasteiger partial charge in [-0.05, 0) is 36.5 Å². The van der Waals surface area contributed by atoms with Crippen molar-refractivity contribution in [2.45, 2.75) is 13.2 Å². The van der Waals surface area contributed by atoms with Crippen molar-refractivity contribution in [3.63, 3.8) is 0 Å². The Morgan fingerprint density at radius 2 is 1.88 bits per heavy atom. The first-order valence-electron chi connectivity index (χ1n) is 7.98. The van der Waals surface area contributed by atoms with E-state index in [0.717, 1.165) is 22.6 Å². The fourth-order valence-electron chi connectivity index (χ4n) is 2.67. The van der Waals surface area contributed by atoms with E-state index in [1.54, 1.807) is 16.0 Å². The average Bonchev–Trinajstić information content (AvgIpc) is 3.18. The Balaban J connectivity index is 1.50. The molecule has 4 aromatic rings. The molecule has 0 aliphatic heterocycles. The Hall–Kier alpha value is -2.35. The van der Waals surface area contributed by atoms with Gasteiger partial charge in [-0.2, -0.15) is 4.68 Å². The van der Waals surface area contributed by atoms with Crippen molar-refractivity contribution < 1.29 is 9.32 Å². The molecule has 25 heavy (non-hydrogen) atoms. The number of thiazole rings is 1. The Labute approximate surface area is 154 Å². The summed E-state index contributed by atoms with van der Waals surface area (Å²) in [5.41, 5.74) is 1.98. The lowest BCUT2D eigenvalue weighted by atomic mass is 10.2. The number of para-hydroxylation sites is 1. The summed E-state index contributed by atoms with van der Waals surface area (Å²) in [5, 5.41) is 5.62. The highest BCUT2D eigenvalue weighted by atomic mass is 32.1. The van der Waals surface area contributed by atoms with Crippen LogP contribution in [0.25, 0.3) is 21.7 Å². The maximum atomic E-state index is 5.64. The van der Waals surface area contributed by atoms with Crippen molar-refractivity contribution in [2.24, 2.45) is 0 Å². The van der Waals surface area contributed by atoms with Gasteiger partial charge in [-0.15, -0.1) is 16.4 Å². The zero-order chi connectivity index (χ0) is 17.2. The number of fused-ring (bicyclic) bond motifs is 1. The summed E-state index contributed by atoms with van der Waals surface area (Å²) in [6.07, 6.45) is 0.